The number of benzene rings is 3. The molecule has 0 aliphatic heterocycles. The fraction of sp³-hybridized carbons (Fsp3) is 0.231. The van der Waals surface area contributed by atoms with Crippen LogP contribution in [-0.2, 0) is 17.8 Å². The summed E-state index contributed by atoms with van der Waals surface area (Å²) in [5, 5.41) is 4.00. The number of ether oxygens (including phenoxy) is 3. The minimum Gasteiger partial charge on any atom is -0.493 e. The van der Waals surface area contributed by atoms with E-state index in [1.165, 1.54) is 5.56 Å². The number of carbonyl (C=O) groups is 1. The van der Waals surface area contributed by atoms with Gasteiger partial charge in [0, 0.05) is 0 Å². The predicted octanol–water partition coefficient (Wildman–Crippen LogP) is 4.67. The van der Waals surface area contributed by atoms with Crippen LogP contribution in [-0.4, -0.2) is 25.8 Å². The molecule has 3 aromatic carbocycles. The van der Waals surface area contributed by atoms with Gasteiger partial charge in [-0.1, -0.05) is 43.3 Å². The first-order valence-electron chi connectivity index (χ1n) is 10.5. The van der Waals surface area contributed by atoms with Gasteiger partial charge in [-0.15, -0.1) is 0 Å². The molecule has 0 aromatic heterocycles. The van der Waals surface area contributed by atoms with Gasteiger partial charge >= 0.3 is 0 Å². The lowest BCUT2D eigenvalue weighted by Gasteiger charge is -2.12. The molecule has 0 heterocycles. The van der Waals surface area contributed by atoms with E-state index in [9.17, 15) is 4.79 Å². The molecule has 0 spiro atoms. The summed E-state index contributed by atoms with van der Waals surface area (Å²) in [6.07, 6.45) is 2.45. The van der Waals surface area contributed by atoms with Gasteiger partial charge < -0.3 is 14.2 Å². The lowest BCUT2D eigenvalue weighted by atomic mass is 10.1. The van der Waals surface area contributed by atoms with Crippen LogP contribution in [0.25, 0.3) is 0 Å². The van der Waals surface area contributed by atoms with Gasteiger partial charge in [-0.2, -0.15) is 5.10 Å². The van der Waals surface area contributed by atoms with E-state index < -0.39 is 0 Å². The van der Waals surface area contributed by atoms with Crippen LogP contribution >= 0.6 is 0 Å². The van der Waals surface area contributed by atoms with Gasteiger partial charge in [-0.05, 0) is 65.9 Å². The van der Waals surface area contributed by atoms with Crippen LogP contribution in [0.4, 0.5) is 0 Å². The highest BCUT2D eigenvalue weighted by molar-refractivity contribution is 5.83. The third-order valence-electron chi connectivity index (χ3n) is 4.91. The first-order valence-corrected chi connectivity index (χ1v) is 10.5. The average molecular weight is 433 g/mol. The first-order chi connectivity index (χ1) is 15.6. The van der Waals surface area contributed by atoms with Gasteiger partial charge in [0.2, 0.25) is 0 Å². The Morgan fingerprint density at radius 3 is 2.62 bits per heavy atom. The third kappa shape index (κ3) is 6.60. The van der Waals surface area contributed by atoms with Crippen LogP contribution in [0.3, 0.4) is 0 Å². The van der Waals surface area contributed by atoms with Gasteiger partial charge in [0.15, 0.2) is 18.1 Å². The summed E-state index contributed by atoms with van der Waals surface area (Å²) < 4.78 is 16.9. The second kappa shape index (κ2) is 11.6. The van der Waals surface area contributed by atoms with Gasteiger partial charge in [-0.3, -0.25) is 4.79 Å². The number of carbonyl (C=O) groups excluding carboxylic acids is 1. The lowest BCUT2D eigenvalue weighted by Crippen LogP contribution is -2.24. The monoisotopic (exact) mass is 432 g/mol. The molecule has 0 aliphatic rings. The second-order valence-corrected chi connectivity index (χ2v) is 7.21. The normalized spacial score (nSPS) is 10.7. The maximum absolute atomic E-state index is 12.0. The molecule has 1 N–H and O–H groups in total. The smallest absolute Gasteiger partial charge is 0.277 e. The number of rotatable bonds is 10. The molecular weight excluding hydrogens is 404 g/mol. The molecule has 166 valence electrons. The van der Waals surface area contributed by atoms with E-state index in [4.69, 9.17) is 14.2 Å². The summed E-state index contributed by atoms with van der Waals surface area (Å²) in [7, 11) is 1.59. The van der Waals surface area contributed by atoms with Gasteiger partial charge in [0.1, 0.15) is 12.4 Å². The van der Waals surface area contributed by atoms with Crippen molar-refractivity contribution < 1.29 is 19.0 Å². The lowest BCUT2D eigenvalue weighted by molar-refractivity contribution is -0.123. The third-order valence-corrected chi connectivity index (χ3v) is 4.91. The van der Waals surface area contributed by atoms with E-state index >= 15 is 0 Å². The van der Waals surface area contributed by atoms with E-state index in [0.717, 1.165) is 23.1 Å². The molecule has 0 atom stereocenters. The predicted molar refractivity (Wildman–Crippen MR) is 126 cm³/mol. The molecule has 0 saturated carbocycles. The van der Waals surface area contributed by atoms with Crippen molar-refractivity contribution >= 4 is 12.1 Å². The van der Waals surface area contributed by atoms with Crippen LogP contribution in [0.5, 0.6) is 17.2 Å². The Morgan fingerprint density at radius 2 is 1.84 bits per heavy atom. The topological polar surface area (TPSA) is 69.2 Å². The first kappa shape index (κ1) is 22.9. The molecule has 6 nitrogen and oxygen atoms in total. The van der Waals surface area contributed by atoms with E-state index in [1.807, 2.05) is 54.6 Å². The highest BCUT2D eigenvalue weighted by Gasteiger charge is 2.07. The highest BCUT2D eigenvalue weighted by Crippen LogP contribution is 2.28. The van der Waals surface area contributed by atoms with Crippen LogP contribution in [0.2, 0.25) is 0 Å². The van der Waals surface area contributed by atoms with Crippen molar-refractivity contribution in [2.45, 2.75) is 26.9 Å². The Morgan fingerprint density at radius 1 is 1.00 bits per heavy atom. The summed E-state index contributed by atoms with van der Waals surface area (Å²) in [6.45, 7) is 4.46. The zero-order valence-corrected chi connectivity index (χ0v) is 18.6. The molecule has 0 unspecified atom stereocenters. The standard InChI is InChI=1S/C26H28N2O4/c1-4-20-9-7-11-23(14-20)31-18-26(29)28-27-16-21-12-13-24(25(15-21)30-3)32-17-22-10-6-5-8-19(22)2/h5-16H,4,17-18H2,1-3H3,(H,28,29)/b27-16+. The number of aryl methyl sites for hydroxylation is 2. The van der Waals surface area contributed by atoms with Crippen LogP contribution < -0.4 is 19.6 Å². The van der Waals surface area contributed by atoms with Gasteiger partial charge in [-0.25, -0.2) is 5.43 Å². The van der Waals surface area contributed by atoms with Crippen molar-refractivity contribution in [1.82, 2.24) is 5.43 Å². The molecule has 32 heavy (non-hydrogen) atoms. The maximum Gasteiger partial charge on any atom is 0.277 e. The van der Waals surface area contributed by atoms with Crippen molar-refractivity contribution in [3.05, 3.63) is 89.0 Å². The Hall–Kier alpha value is -3.80. The minimum atomic E-state index is -0.340. The molecule has 0 aliphatic carbocycles. The average Bonchev–Trinajstić information content (AvgIpc) is 2.82. The molecule has 3 aromatic rings. The zero-order valence-electron chi connectivity index (χ0n) is 18.6. The number of methoxy groups -OCH3 is 1. The van der Waals surface area contributed by atoms with E-state index in [-0.39, 0.29) is 12.5 Å². The Kier molecular flexibility index (Phi) is 8.26. The molecule has 3 rings (SSSR count). The van der Waals surface area contributed by atoms with E-state index in [2.05, 4.69) is 30.4 Å². The molecule has 0 radical (unpaired) electrons. The fourth-order valence-electron chi connectivity index (χ4n) is 3.03. The molecule has 0 fully saturated rings. The summed E-state index contributed by atoms with van der Waals surface area (Å²) >= 11 is 0. The number of hydrogen-bond donors (Lipinski definition) is 1. The Bertz CT molecular complexity index is 1080. The summed E-state index contributed by atoms with van der Waals surface area (Å²) in [4.78, 5) is 12.0. The van der Waals surface area contributed by atoms with Gasteiger partial charge in [0.25, 0.3) is 5.91 Å². The number of amides is 1. The van der Waals surface area contributed by atoms with Gasteiger partial charge in [0.05, 0.1) is 13.3 Å². The summed E-state index contributed by atoms with van der Waals surface area (Å²) in [6, 6.07) is 21.2. The van der Waals surface area contributed by atoms with Crippen LogP contribution in [0.15, 0.2) is 71.8 Å². The molecular formula is C26H28N2O4. The van der Waals surface area contributed by atoms with Crippen molar-refractivity contribution in [3.8, 4) is 17.2 Å². The van der Waals surface area contributed by atoms with Crippen molar-refractivity contribution in [3.63, 3.8) is 0 Å². The second-order valence-electron chi connectivity index (χ2n) is 7.21. The Labute approximate surface area is 188 Å². The number of nitrogens with one attached hydrogen (secondary N) is 1. The number of hydrazone groups is 1. The summed E-state index contributed by atoms with van der Waals surface area (Å²) in [5.41, 5.74) is 6.68. The summed E-state index contributed by atoms with van der Waals surface area (Å²) in [5.74, 6) is 1.55. The maximum atomic E-state index is 12.0. The fourth-order valence-corrected chi connectivity index (χ4v) is 3.03. The number of hydrogen-bond acceptors (Lipinski definition) is 5. The Balaban J connectivity index is 1.52. The highest BCUT2D eigenvalue weighted by atomic mass is 16.5. The van der Waals surface area contributed by atoms with E-state index in [1.54, 1.807) is 19.4 Å². The minimum absolute atomic E-state index is 0.112. The molecule has 1 amide bonds. The zero-order chi connectivity index (χ0) is 22.8. The largest absolute Gasteiger partial charge is 0.493 e. The van der Waals surface area contributed by atoms with E-state index in [0.29, 0.717) is 23.9 Å². The molecule has 6 heteroatoms. The molecule has 0 bridgehead atoms. The van der Waals surface area contributed by atoms with Crippen LogP contribution in [0, 0.1) is 6.92 Å². The van der Waals surface area contributed by atoms with Crippen molar-refractivity contribution in [1.29, 1.82) is 0 Å². The SMILES string of the molecule is CCc1cccc(OCC(=O)N/N=C/c2ccc(OCc3ccccc3C)c(OC)c2)c1. The van der Waals surface area contributed by atoms with Crippen molar-refractivity contribution in [2.24, 2.45) is 5.10 Å². The quantitative estimate of drug-likeness (QED) is 0.373. The number of nitrogens with zero attached hydrogens (tertiary/aromatic N) is 1. The molecule has 0 saturated heterocycles. The van der Waals surface area contributed by atoms with Crippen molar-refractivity contribution in [2.75, 3.05) is 13.7 Å². The van der Waals surface area contributed by atoms with Crippen LogP contribution in [0.1, 0.15) is 29.2 Å².